The van der Waals surface area contributed by atoms with Crippen molar-refractivity contribution in [3.63, 3.8) is 0 Å². The first kappa shape index (κ1) is 9.53. The molecule has 2 N–H and O–H groups in total. The van der Waals surface area contributed by atoms with E-state index in [0.29, 0.717) is 0 Å². The normalized spacial score (nSPS) is 10.1. The Morgan fingerprint density at radius 1 is 1.00 bits per heavy atom. The summed E-state index contributed by atoms with van der Waals surface area (Å²) >= 11 is 0. The highest BCUT2D eigenvalue weighted by Crippen LogP contribution is 2.26. The van der Waals surface area contributed by atoms with Crippen molar-refractivity contribution >= 4 is 28.6 Å². The summed E-state index contributed by atoms with van der Waals surface area (Å²) in [5.41, 5.74) is 8.86. The van der Waals surface area contributed by atoms with Gasteiger partial charge < -0.3 is 5.73 Å². The lowest BCUT2D eigenvalue weighted by atomic mass is 10.00. The lowest BCUT2D eigenvalue weighted by molar-refractivity contribution is 1.66. The molecule has 0 spiro atoms. The third kappa shape index (κ3) is 1.52. The van der Waals surface area contributed by atoms with E-state index in [-0.39, 0.29) is 0 Å². The Balaban J connectivity index is 2.86. The number of fused-ring (bicyclic) bond motifs is 1. The highest BCUT2D eigenvalue weighted by Gasteiger charge is 2.01. The van der Waals surface area contributed by atoms with Crippen molar-refractivity contribution in [3.05, 3.63) is 54.6 Å². The summed E-state index contributed by atoms with van der Waals surface area (Å²) in [7, 11) is 0. The summed E-state index contributed by atoms with van der Waals surface area (Å²) in [4.78, 5) is 0. The molecule has 1 heteroatoms. The Morgan fingerprint density at radius 3 is 2.33 bits per heavy atom. The first-order valence-corrected chi connectivity index (χ1v) is 4.83. The van der Waals surface area contributed by atoms with Crippen molar-refractivity contribution in [1.82, 2.24) is 0 Å². The number of nitrogens with two attached hydrogens (primary N) is 1. The minimum atomic E-state index is 0.797. The summed E-state index contributed by atoms with van der Waals surface area (Å²) in [5.74, 6) is 0. The maximum atomic E-state index is 5.91. The van der Waals surface area contributed by atoms with Gasteiger partial charge in [0.2, 0.25) is 0 Å². The zero-order chi connectivity index (χ0) is 10.8. The molecule has 0 saturated heterocycles. The fraction of sp³-hybridized carbons (Fsp3) is 0. The van der Waals surface area contributed by atoms with E-state index in [1.807, 2.05) is 30.4 Å². The van der Waals surface area contributed by atoms with Crippen LogP contribution in [0.1, 0.15) is 11.1 Å². The summed E-state index contributed by atoms with van der Waals surface area (Å²) < 4.78 is 0. The number of rotatable bonds is 2. The van der Waals surface area contributed by atoms with Gasteiger partial charge in [-0.1, -0.05) is 37.4 Å². The van der Waals surface area contributed by atoms with Crippen LogP contribution in [0.25, 0.3) is 22.9 Å². The molecule has 0 saturated carbocycles. The van der Waals surface area contributed by atoms with Crippen LogP contribution in [0.15, 0.2) is 43.5 Å². The van der Waals surface area contributed by atoms with E-state index in [1.54, 1.807) is 0 Å². The molecule has 0 aliphatic heterocycles. The Bertz CT molecular complexity index is 538. The van der Waals surface area contributed by atoms with Gasteiger partial charge in [0.1, 0.15) is 0 Å². The molecular weight excluding hydrogens is 182 g/mol. The molecule has 0 unspecified atom stereocenters. The van der Waals surface area contributed by atoms with Gasteiger partial charge in [-0.3, -0.25) is 0 Å². The van der Waals surface area contributed by atoms with Crippen LogP contribution in [0.4, 0.5) is 5.69 Å². The SMILES string of the molecule is C=Cc1cc2cccc(N)c2cc1C=C. The molecule has 2 rings (SSSR count). The van der Waals surface area contributed by atoms with Crippen LogP contribution < -0.4 is 5.73 Å². The second-order valence-corrected chi connectivity index (χ2v) is 3.46. The predicted octanol–water partition coefficient (Wildman–Crippen LogP) is 3.71. The average Bonchev–Trinajstić information content (AvgIpc) is 2.28. The maximum absolute atomic E-state index is 5.91. The molecule has 0 aromatic heterocycles. The van der Waals surface area contributed by atoms with Crippen LogP contribution in [0.5, 0.6) is 0 Å². The molecule has 15 heavy (non-hydrogen) atoms. The quantitative estimate of drug-likeness (QED) is 0.726. The number of anilines is 1. The van der Waals surface area contributed by atoms with E-state index in [2.05, 4.69) is 25.3 Å². The molecule has 0 radical (unpaired) electrons. The van der Waals surface area contributed by atoms with Crippen LogP contribution in [0.2, 0.25) is 0 Å². The minimum absolute atomic E-state index is 0.797. The molecule has 1 nitrogen and oxygen atoms in total. The van der Waals surface area contributed by atoms with Gasteiger partial charge in [0.25, 0.3) is 0 Å². The second kappa shape index (κ2) is 3.62. The van der Waals surface area contributed by atoms with Gasteiger partial charge in [-0.25, -0.2) is 0 Å². The van der Waals surface area contributed by atoms with Gasteiger partial charge in [-0.15, -0.1) is 0 Å². The third-order valence-electron chi connectivity index (χ3n) is 2.56. The van der Waals surface area contributed by atoms with Gasteiger partial charge in [0, 0.05) is 11.1 Å². The molecule has 0 amide bonds. The summed E-state index contributed by atoms with van der Waals surface area (Å²) in [6.07, 6.45) is 3.66. The Hall–Kier alpha value is -2.02. The number of benzene rings is 2. The average molecular weight is 195 g/mol. The number of nitrogen functional groups attached to an aromatic ring is 1. The fourth-order valence-electron chi connectivity index (χ4n) is 1.74. The smallest absolute Gasteiger partial charge is 0.0393 e. The maximum Gasteiger partial charge on any atom is 0.0393 e. The number of hydrogen-bond donors (Lipinski definition) is 1. The van der Waals surface area contributed by atoms with E-state index in [9.17, 15) is 0 Å². The van der Waals surface area contributed by atoms with Gasteiger partial charge in [-0.2, -0.15) is 0 Å². The molecule has 74 valence electrons. The molecule has 2 aromatic carbocycles. The summed E-state index contributed by atoms with van der Waals surface area (Å²) in [6.45, 7) is 7.58. The molecule has 2 aromatic rings. The molecule has 0 bridgehead atoms. The van der Waals surface area contributed by atoms with Crippen molar-refractivity contribution in [3.8, 4) is 0 Å². The van der Waals surface area contributed by atoms with Gasteiger partial charge in [0.15, 0.2) is 0 Å². The molecule has 0 atom stereocenters. The molecule has 0 aliphatic carbocycles. The first-order chi connectivity index (χ1) is 7.26. The number of hydrogen-bond acceptors (Lipinski definition) is 1. The van der Waals surface area contributed by atoms with E-state index in [4.69, 9.17) is 5.73 Å². The van der Waals surface area contributed by atoms with Gasteiger partial charge in [0.05, 0.1) is 0 Å². The van der Waals surface area contributed by atoms with Crippen molar-refractivity contribution in [2.75, 3.05) is 5.73 Å². The highest BCUT2D eigenvalue weighted by atomic mass is 14.5. The van der Waals surface area contributed by atoms with Crippen molar-refractivity contribution in [2.45, 2.75) is 0 Å². The summed E-state index contributed by atoms with van der Waals surface area (Å²) in [6, 6.07) is 10.0. The van der Waals surface area contributed by atoms with Crippen LogP contribution in [0, 0.1) is 0 Å². The Morgan fingerprint density at radius 2 is 1.67 bits per heavy atom. The highest BCUT2D eigenvalue weighted by molar-refractivity contribution is 5.96. The monoisotopic (exact) mass is 195 g/mol. The van der Waals surface area contributed by atoms with Crippen molar-refractivity contribution in [1.29, 1.82) is 0 Å². The van der Waals surface area contributed by atoms with Crippen LogP contribution >= 0.6 is 0 Å². The van der Waals surface area contributed by atoms with E-state index in [0.717, 1.165) is 27.6 Å². The van der Waals surface area contributed by atoms with Gasteiger partial charge in [-0.05, 0) is 34.7 Å². The van der Waals surface area contributed by atoms with Crippen molar-refractivity contribution in [2.24, 2.45) is 0 Å². The first-order valence-electron chi connectivity index (χ1n) is 4.83. The summed E-state index contributed by atoms with van der Waals surface area (Å²) in [5, 5.41) is 2.20. The third-order valence-corrected chi connectivity index (χ3v) is 2.56. The Kier molecular flexibility index (Phi) is 2.30. The zero-order valence-corrected chi connectivity index (χ0v) is 8.53. The van der Waals surface area contributed by atoms with E-state index in [1.165, 1.54) is 0 Å². The Labute approximate surface area is 89.5 Å². The van der Waals surface area contributed by atoms with E-state index >= 15 is 0 Å². The standard InChI is InChI=1S/C14H13N/c1-3-10-8-12-6-5-7-14(15)13(12)9-11(10)4-2/h3-9H,1-2,15H2. The second-order valence-electron chi connectivity index (χ2n) is 3.46. The zero-order valence-electron chi connectivity index (χ0n) is 8.53. The predicted molar refractivity (Wildman–Crippen MR) is 68.5 cm³/mol. The topological polar surface area (TPSA) is 26.0 Å². The van der Waals surface area contributed by atoms with Crippen molar-refractivity contribution < 1.29 is 0 Å². The fourth-order valence-corrected chi connectivity index (χ4v) is 1.74. The molecule has 0 heterocycles. The van der Waals surface area contributed by atoms with Crippen LogP contribution in [0.3, 0.4) is 0 Å². The molecule has 0 fully saturated rings. The lowest BCUT2D eigenvalue weighted by Crippen LogP contribution is -1.88. The largest absolute Gasteiger partial charge is 0.398 e. The van der Waals surface area contributed by atoms with Gasteiger partial charge >= 0.3 is 0 Å². The van der Waals surface area contributed by atoms with Crippen LogP contribution in [-0.4, -0.2) is 0 Å². The van der Waals surface area contributed by atoms with Crippen LogP contribution in [-0.2, 0) is 0 Å². The molecular formula is C14H13N. The minimum Gasteiger partial charge on any atom is -0.398 e. The lowest BCUT2D eigenvalue weighted by Gasteiger charge is -2.06. The molecule has 0 aliphatic rings. The van der Waals surface area contributed by atoms with E-state index < -0.39 is 0 Å².